The van der Waals surface area contributed by atoms with Crippen LogP contribution >= 0.6 is 11.3 Å². The van der Waals surface area contributed by atoms with E-state index in [9.17, 15) is 9.90 Å². The summed E-state index contributed by atoms with van der Waals surface area (Å²) in [5.74, 6) is -0.627. The third kappa shape index (κ3) is 3.47. The lowest BCUT2D eigenvalue weighted by atomic mass is 10.1. The second-order valence-electron chi connectivity index (χ2n) is 2.91. The van der Waals surface area contributed by atoms with E-state index in [1.54, 1.807) is 6.08 Å². The van der Waals surface area contributed by atoms with Gasteiger partial charge in [-0.1, -0.05) is 12.1 Å². The molecule has 1 aromatic heterocycles. The highest BCUT2D eigenvalue weighted by Crippen LogP contribution is 2.11. The van der Waals surface area contributed by atoms with Crippen molar-refractivity contribution in [2.24, 2.45) is 5.73 Å². The molecule has 3 N–H and O–H groups in total. The van der Waals surface area contributed by atoms with Gasteiger partial charge < -0.3 is 15.6 Å². The summed E-state index contributed by atoms with van der Waals surface area (Å²) in [7, 11) is 1.23. The van der Waals surface area contributed by atoms with Crippen molar-refractivity contribution in [3.05, 3.63) is 28.5 Å². The number of esters is 1. The van der Waals surface area contributed by atoms with E-state index in [1.165, 1.54) is 24.5 Å². The molecule has 82 valence electrons. The number of hydrogen-bond acceptors (Lipinski definition) is 5. The van der Waals surface area contributed by atoms with Crippen LogP contribution in [0.25, 0.3) is 6.08 Å². The molecule has 1 heterocycles. The third-order valence-electron chi connectivity index (χ3n) is 1.84. The third-order valence-corrected chi connectivity index (χ3v) is 2.68. The Kier molecular flexibility index (Phi) is 4.48. The van der Waals surface area contributed by atoms with Crippen LogP contribution in [0.4, 0.5) is 0 Å². The first-order valence-corrected chi connectivity index (χ1v) is 5.26. The summed E-state index contributed by atoms with van der Waals surface area (Å²) in [6.07, 6.45) is 2.17. The van der Waals surface area contributed by atoms with Gasteiger partial charge >= 0.3 is 5.97 Å². The van der Waals surface area contributed by atoms with Crippen LogP contribution in [-0.2, 0) is 9.53 Å². The van der Waals surface area contributed by atoms with Gasteiger partial charge in [-0.05, 0) is 17.5 Å². The molecule has 0 radical (unpaired) electrons. The standard InChI is InChI=1S/C10H13NO3S/c1-14-10(13)9(11)8(12)5-4-7-3-2-6-15-7/h2-6,8-9,12H,11H2,1H3/b5-4+/t8-,9+/m1/s1. The first-order valence-electron chi connectivity index (χ1n) is 4.38. The second-order valence-corrected chi connectivity index (χ2v) is 3.89. The molecule has 1 aromatic rings. The highest BCUT2D eigenvalue weighted by atomic mass is 32.1. The number of aliphatic hydroxyl groups excluding tert-OH is 1. The molecule has 0 bridgehead atoms. The quantitative estimate of drug-likeness (QED) is 0.740. The van der Waals surface area contributed by atoms with Gasteiger partial charge in [-0.25, -0.2) is 0 Å². The van der Waals surface area contributed by atoms with E-state index in [-0.39, 0.29) is 0 Å². The van der Waals surface area contributed by atoms with Crippen LogP contribution in [0.3, 0.4) is 0 Å². The topological polar surface area (TPSA) is 72.5 Å². The van der Waals surface area contributed by atoms with Gasteiger partial charge in [0.15, 0.2) is 0 Å². The SMILES string of the molecule is COC(=O)[C@@H](N)[C@H](O)/C=C/c1cccs1. The van der Waals surface area contributed by atoms with Crippen molar-refractivity contribution < 1.29 is 14.6 Å². The molecule has 5 heteroatoms. The smallest absolute Gasteiger partial charge is 0.325 e. The predicted octanol–water partition coefficient (Wildman–Crippen LogP) is 0.622. The summed E-state index contributed by atoms with van der Waals surface area (Å²) in [6.45, 7) is 0. The van der Waals surface area contributed by atoms with Gasteiger partial charge in [0.05, 0.1) is 13.2 Å². The molecule has 2 atom stereocenters. The second kappa shape index (κ2) is 5.65. The molecular formula is C10H13NO3S. The summed E-state index contributed by atoms with van der Waals surface area (Å²) in [6, 6.07) is 2.76. The Morgan fingerprint density at radius 3 is 3.00 bits per heavy atom. The zero-order chi connectivity index (χ0) is 11.3. The number of aliphatic hydroxyl groups is 1. The molecule has 0 aliphatic carbocycles. The van der Waals surface area contributed by atoms with Crippen LogP contribution in [0.2, 0.25) is 0 Å². The number of hydrogen-bond donors (Lipinski definition) is 2. The van der Waals surface area contributed by atoms with Gasteiger partial charge in [-0.2, -0.15) is 0 Å². The van der Waals surface area contributed by atoms with Gasteiger partial charge in [0.2, 0.25) is 0 Å². The van der Waals surface area contributed by atoms with Gasteiger partial charge in [-0.15, -0.1) is 11.3 Å². The maximum atomic E-state index is 11.0. The summed E-state index contributed by atoms with van der Waals surface area (Å²) >= 11 is 1.54. The van der Waals surface area contributed by atoms with E-state index < -0.39 is 18.1 Å². The molecule has 4 nitrogen and oxygen atoms in total. The first-order chi connectivity index (χ1) is 7.15. The Balaban J connectivity index is 2.55. The Bertz CT molecular complexity index is 334. The average molecular weight is 227 g/mol. The molecule has 0 aromatic carbocycles. The van der Waals surface area contributed by atoms with Gasteiger partial charge in [-0.3, -0.25) is 4.79 Å². The number of carbonyl (C=O) groups is 1. The van der Waals surface area contributed by atoms with Crippen molar-refractivity contribution in [1.29, 1.82) is 0 Å². The summed E-state index contributed by atoms with van der Waals surface area (Å²) in [4.78, 5) is 12.0. The lowest BCUT2D eigenvalue weighted by molar-refractivity contribution is -0.144. The largest absolute Gasteiger partial charge is 0.468 e. The van der Waals surface area contributed by atoms with Crippen molar-refractivity contribution in [2.45, 2.75) is 12.1 Å². The van der Waals surface area contributed by atoms with Crippen LogP contribution in [0.5, 0.6) is 0 Å². The molecule has 0 spiro atoms. The van der Waals surface area contributed by atoms with Crippen molar-refractivity contribution in [3.8, 4) is 0 Å². The highest BCUT2D eigenvalue weighted by Gasteiger charge is 2.20. The molecule has 0 saturated heterocycles. The van der Waals surface area contributed by atoms with E-state index >= 15 is 0 Å². The minimum atomic E-state index is -1.04. The Morgan fingerprint density at radius 1 is 1.73 bits per heavy atom. The van der Waals surface area contributed by atoms with Crippen molar-refractivity contribution in [1.82, 2.24) is 0 Å². The number of carbonyl (C=O) groups excluding carboxylic acids is 1. The lowest BCUT2D eigenvalue weighted by Gasteiger charge is -2.12. The fraction of sp³-hybridized carbons (Fsp3) is 0.300. The zero-order valence-corrected chi connectivity index (χ0v) is 9.11. The Hall–Kier alpha value is -1.17. The van der Waals surface area contributed by atoms with Crippen LogP contribution in [0.15, 0.2) is 23.6 Å². The van der Waals surface area contributed by atoms with E-state index in [1.807, 2.05) is 17.5 Å². The predicted molar refractivity (Wildman–Crippen MR) is 59.4 cm³/mol. The number of rotatable bonds is 4. The molecule has 0 aliphatic rings. The monoisotopic (exact) mass is 227 g/mol. The molecule has 0 amide bonds. The fourth-order valence-corrected chi connectivity index (χ4v) is 1.60. The normalized spacial score (nSPS) is 15.1. The average Bonchev–Trinajstić information content (AvgIpc) is 2.76. The molecule has 0 saturated carbocycles. The molecule has 1 rings (SSSR count). The number of methoxy groups -OCH3 is 1. The molecule has 15 heavy (non-hydrogen) atoms. The minimum absolute atomic E-state index is 0.627. The lowest BCUT2D eigenvalue weighted by Crippen LogP contribution is -2.41. The Labute approximate surface area is 92.0 Å². The number of nitrogens with two attached hydrogens (primary N) is 1. The van der Waals surface area contributed by atoms with Gasteiger partial charge in [0.25, 0.3) is 0 Å². The molecule has 0 aliphatic heterocycles. The number of ether oxygens (including phenoxy) is 1. The van der Waals surface area contributed by atoms with E-state index in [0.717, 1.165) is 4.88 Å². The van der Waals surface area contributed by atoms with E-state index in [4.69, 9.17) is 5.73 Å². The maximum absolute atomic E-state index is 11.0. The summed E-state index contributed by atoms with van der Waals surface area (Å²) in [5.41, 5.74) is 5.44. The van der Waals surface area contributed by atoms with E-state index in [2.05, 4.69) is 4.74 Å². The van der Waals surface area contributed by atoms with Crippen LogP contribution < -0.4 is 5.73 Å². The van der Waals surface area contributed by atoms with Crippen LogP contribution in [0.1, 0.15) is 4.88 Å². The highest BCUT2D eigenvalue weighted by molar-refractivity contribution is 7.10. The fourth-order valence-electron chi connectivity index (χ4n) is 0.975. The van der Waals surface area contributed by atoms with Crippen molar-refractivity contribution in [3.63, 3.8) is 0 Å². The van der Waals surface area contributed by atoms with Crippen molar-refractivity contribution >= 4 is 23.4 Å². The van der Waals surface area contributed by atoms with E-state index in [0.29, 0.717) is 0 Å². The molecular weight excluding hydrogens is 214 g/mol. The number of thiophene rings is 1. The molecule has 0 fully saturated rings. The first kappa shape index (κ1) is 11.9. The zero-order valence-electron chi connectivity index (χ0n) is 8.29. The van der Waals surface area contributed by atoms with Gasteiger partial charge in [0, 0.05) is 4.88 Å². The van der Waals surface area contributed by atoms with Gasteiger partial charge in [0.1, 0.15) is 6.04 Å². The van der Waals surface area contributed by atoms with Crippen LogP contribution in [0, 0.1) is 0 Å². The van der Waals surface area contributed by atoms with Crippen LogP contribution in [-0.4, -0.2) is 30.3 Å². The summed E-state index contributed by atoms with van der Waals surface area (Å²) in [5, 5.41) is 11.4. The molecule has 0 unspecified atom stereocenters. The minimum Gasteiger partial charge on any atom is -0.468 e. The summed E-state index contributed by atoms with van der Waals surface area (Å²) < 4.78 is 4.41. The van der Waals surface area contributed by atoms with Crippen molar-refractivity contribution in [2.75, 3.05) is 7.11 Å². The Morgan fingerprint density at radius 2 is 2.47 bits per heavy atom. The maximum Gasteiger partial charge on any atom is 0.325 e.